The number of carbonyl (C=O) groups excluding carboxylic acids is 1. The molecular weight excluding hydrogens is 254 g/mol. The molecule has 1 aromatic heterocycles. The Morgan fingerprint density at radius 3 is 2.95 bits per heavy atom. The van der Waals surface area contributed by atoms with Crippen molar-refractivity contribution in [3.8, 4) is 0 Å². The Labute approximate surface area is 117 Å². The number of hydrogen-bond acceptors (Lipinski definition) is 3. The van der Waals surface area contributed by atoms with E-state index in [1.54, 1.807) is 7.11 Å². The van der Waals surface area contributed by atoms with Crippen molar-refractivity contribution < 1.29 is 9.53 Å². The van der Waals surface area contributed by atoms with Crippen LogP contribution in [0.3, 0.4) is 0 Å². The Morgan fingerprint density at radius 2 is 2.25 bits per heavy atom. The van der Waals surface area contributed by atoms with Gasteiger partial charge in [-0.05, 0) is 11.6 Å². The predicted octanol–water partition coefficient (Wildman–Crippen LogP) is 1.38. The highest BCUT2D eigenvalue weighted by atomic mass is 16.5. The summed E-state index contributed by atoms with van der Waals surface area (Å²) in [6.07, 6.45) is 0.995. The smallest absolute Gasteiger partial charge is 0.272 e. The fraction of sp³-hybridized carbons (Fsp3) is 0.333. The highest BCUT2D eigenvalue weighted by Crippen LogP contribution is 2.17. The molecule has 1 aliphatic rings. The monoisotopic (exact) mass is 271 g/mol. The molecule has 1 aliphatic heterocycles. The van der Waals surface area contributed by atoms with Gasteiger partial charge in [0.25, 0.3) is 5.91 Å². The average molecular weight is 271 g/mol. The topological polar surface area (TPSA) is 56.1 Å². The number of nitrogens with zero attached hydrogens (tertiary/aromatic N) is 2. The molecule has 0 saturated carbocycles. The van der Waals surface area contributed by atoms with Gasteiger partial charge in [-0.15, -0.1) is 0 Å². The molecule has 0 fully saturated rings. The lowest BCUT2D eigenvalue weighted by atomic mass is 10.2. The van der Waals surface area contributed by atoms with E-state index in [1.165, 1.54) is 0 Å². The maximum absolute atomic E-state index is 12.1. The molecular formula is C15H17N3O2. The van der Waals surface area contributed by atoms with Crippen LogP contribution in [0.2, 0.25) is 0 Å². The Bertz CT molecular complexity index is 583. The minimum Gasteiger partial charge on any atom is -0.379 e. The normalized spacial score (nSPS) is 16.9. The second kappa shape index (κ2) is 5.46. The van der Waals surface area contributed by atoms with E-state index in [-0.39, 0.29) is 12.0 Å². The molecule has 0 bridgehead atoms. The zero-order valence-corrected chi connectivity index (χ0v) is 11.4. The van der Waals surface area contributed by atoms with Crippen LogP contribution in [0.4, 0.5) is 0 Å². The summed E-state index contributed by atoms with van der Waals surface area (Å²) in [6, 6.07) is 11.7. The Balaban J connectivity index is 1.62. The van der Waals surface area contributed by atoms with Crippen molar-refractivity contribution in [1.82, 2.24) is 15.1 Å². The molecule has 2 heterocycles. The van der Waals surface area contributed by atoms with E-state index in [4.69, 9.17) is 4.74 Å². The van der Waals surface area contributed by atoms with E-state index in [9.17, 15) is 4.79 Å². The Kier molecular flexibility index (Phi) is 3.52. The molecule has 1 atom stereocenters. The molecule has 0 radical (unpaired) electrons. The third-order valence-electron chi connectivity index (χ3n) is 3.54. The molecule has 20 heavy (non-hydrogen) atoms. The lowest BCUT2D eigenvalue weighted by Gasteiger charge is -2.05. The van der Waals surface area contributed by atoms with Crippen LogP contribution < -0.4 is 5.32 Å². The summed E-state index contributed by atoms with van der Waals surface area (Å²) < 4.78 is 7.15. The number of amides is 1. The first kappa shape index (κ1) is 12.9. The predicted molar refractivity (Wildman–Crippen MR) is 74.3 cm³/mol. The zero-order chi connectivity index (χ0) is 13.9. The van der Waals surface area contributed by atoms with Gasteiger partial charge in [-0.1, -0.05) is 30.3 Å². The largest absolute Gasteiger partial charge is 0.379 e. The molecule has 5 heteroatoms. The van der Waals surface area contributed by atoms with Crippen molar-refractivity contribution in [2.24, 2.45) is 0 Å². The van der Waals surface area contributed by atoms with Gasteiger partial charge >= 0.3 is 0 Å². The summed E-state index contributed by atoms with van der Waals surface area (Å²) in [5, 5.41) is 7.21. The van der Waals surface area contributed by atoms with Gasteiger partial charge in [-0.25, -0.2) is 0 Å². The van der Waals surface area contributed by atoms with Crippen LogP contribution >= 0.6 is 0 Å². The first-order valence-corrected chi connectivity index (χ1v) is 6.68. The first-order chi connectivity index (χ1) is 9.76. The molecule has 0 saturated heterocycles. The van der Waals surface area contributed by atoms with Gasteiger partial charge in [-0.3, -0.25) is 9.48 Å². The summed E-state index contributed by atoms with van der Waals surface area (Å²) in [5.41, 5.74) is 2.61. The minimum absolute atomic E-state index is 0.135. The van der Waals surface area contributed by atoms with Gasteiger partial charge in [0.05, 0.1) is 12.6 Å². The summed E-state index contributed by atoms with van der Waals surface area (Å²) in [6.45, 7) is 1.24. The maximum atomic E-state index is 12.1. The van der Waals surface area contributed by atoms with Crippen LogP contribution in [0.15, 0.2) is 36.4 Å². The summed E-state index contributed by atoms with van der Waals surface area (Å²) in [4.78, 5) is 12.1. The second-order valence-electron chi connectivity index (χ2n) is 4.93. The number of carbonyl (C=O) groups is 1. The maximum Gasteiger partial charge on any atom is 0.272 e. The number of rotatable bonds is 4. The van der Waals surface area contributed by atoms with Crippen molar-refractivity contribution in [2.45, 2.75) is 25.6 Å². The van der Waals surface area contributed by atoms with E-state index >= 15 is 0 Å². The number of benzene rings is 1. The van der Waals surface area contributed by atoms with Gasteiger partial charge in [0, 0.05) is 25.8 Å². The lowest BCUT2D eigenvalue weighted by Crippen LogP contribution is -2.24. The molecule has 1 amide bonds. The number of methoxy groups -OCH3 is 1. The second-order valence-corrected chi connectivity index (χ2v) is 4.93. The van der Waals surface area contributed by atoms with Gasteiger partial charge < -0.3 is 10.1 Å². The van der Waals surface area contributed by atoms with Crippen molar-refractivity contribution in [3.63, 3.8) is 0 Å². The standard InChI is InChI=1S/C15H17N3O2/c1-20-13-7-12-8-14(17-18(12)10-13)15(19)16-9-11-5-3-2-4-6-11/h2-6,8,13H,7,9-10H2,1H3,(H,16,19)/t13-/m0/s1. The number of ether oxygens (including phenoxy) is 1. The highest BCUT2D eigenvalue weighted by Gasteiger charge is 2.24. The van der Waals surface area contributed by atoms with E-state index in [0.29, 0.717) is 12.2 Å². The van der Waals surface area contributed by atoms with Crippen molar-refractivity contribution in [2.75, 3.05) is 7.11 Å². The molecule has 104 valence electrons. The van der Waals surface area contributed by atoms with Crippen LogP contribution in [0.1, 0.15) is 21.7 Å². The van der Waals surface area contributed by atoms with Crippen LogP contribution in [0.25, 0.3) is 0 Å². The molecule has 1 N–H and O–H groups in total. The minimum atomic E-state index is -0.135. The molecule has 0 aliphatic carbocycles. The van der Waals surface area contributed by atoms with Gasteiger partial charge in [0.15, 0.2) is 0 Å². The Hall–Kier alpha value is -2.14. The van der Waals surface area contributed by atoms with E-state index in [2.05, 4.69) is 10.4 Å². The number of nitrogens with one attached hydrogen (secondary N) is 1. The summed E-state index contributed by atoms with van der Waals surface area (Å²) in [7, 11) is 1.70. The number of aromatic nitrogens is 2. The molecule has 1 aromatic carbocycles. The van der Waals surface area contributed by atoms with Crippen molar-refractivity contribution >= 4 is 5.91 Å². The fourth-order valence-corrected chi connectivity index (χ4v) is 2.41. The average Bonchev–Trinajstić information content (AvgIpc) is 3.04. The molecule has 0 unspecified atom stereocenters. The summed E-state index contributed by atoms with van der Waals surface area (Å²) in [5.74, 6) is -0.135. The zero-order valence-electron chi connectivity index (χ0n) is 11.4. The van der Waals surface area contributed by atoms with Gasteiger partial charge in [0.1, 0.15) is 5.69 Å². The fourth-order valence-electron chi connectivity index (χ4n) is 2.41. The Morgan fingerprint density at radius 1 is 1.45 bits per heavy atom. The van der Waals surface area contributed by atoms with Crippen molar-refractivity contribution in [1.29, 1.82) is 0 Å². The van der Waals surface area contributed by atoms with Crippen LogP contribution in [-0.4, -0.2) is 28.9 Å². The van der Waals surface area contributed by atoms with Gasteiger partial charge in [-0.2, -0.15) is 5.10 Å². The SMILES string of the molecule is CO[C@H]1Cc2cc(C(=O)NCc3ccccc3)nn2C1. The third kappa shape index (κ3) is 2.58. The van der Waals surface area contributed by atoms with Gasteiger partial charge in [0.2, 0.25) is 0 Å². The highest BCUT2D eigenvalue weighted by molar-refractivity contribution is 5.92. The van der Waals surface area contributed by atoms with Crippen LogP contribution in [0, 0.1) is 0 Å². The van der Waals surface area contributed by atoms with E-state index < -0.39 is 0 Å². The van der Waals surface area contributed by atoms with E-state index in [1.807, 2.05) is 41.1 Å². The third-order valence-corrected chi connectivity index (χ3v) is 3.54. The van der Waals surface area contributed by atoms with E-state index in [0.717, 1.165) is 24.2 Å². The quantitative estimate of drug-likeness (QED) is 0.914. The van der Waals surface area contributed by atoms with Crippen LogP contribution in [0.5, 0.6) is 0 Å². The molecule has 5 nitrogen and oxygen atoms in total. The molecule has 0 spiro atoms. The summed E-state index contributed by atoms with van der Waals surface area (Å²) >= 11 is 0. The van der Waals surface area contributed by atoms with Crippen LogP contribution in [-0.2, 0) is 24.2 Å². The number of fused-ring (bicyclic) bond motifs is 1. The van der Waals surface area contributed by atoms with Crippen molar-refractivity contribution in [3.05, 3.63) is 53.3 Å². The first-order valence-electron chi connectivity index (χ1n) is 6.68. The molecule has 3 rings (SSSR count). The molecule has 2 aromatic rings. The lowest BCUT2D eigenvalue weighted by molar-refractivity contribution is 0.0933. The number of hydrogen-bond donors (Lipinski definition) is 1.